The van der Waals surface area contributed by atoms with E-state index in [-0.39, 0.29) is 17.9 Å². The topological polar surface area (TPSA) is 57.9 Å². The number of anilines is 2. The molecule has 6 heteroatoms. The van der Waals surface area contributed by atoms with Crippen molar-refractivity contribution in [3.63, 3.8) is 0 Å². The first-order chi connectivity index (χ1) is 11.2. The summed E-state index contributed by atoms with van der Waals surface area (Å²) in [5.41, 5.74) is 1.92. The average Bonchev–Trinajstić information content (AvgIpc) is 2.57. The fraction of sp³-hybridized carbons (Fsp3) is 0.111. The molecule has 0 bridgehead atoms. The molecule has 3 aromatic rings. The minimum absolute atomic E-state index is 0. The van der Waals surface area contributed by atoms with Crippen LogP contribution in [0, 0.1) is 17.1 Å². The van der Waals surface area contributed by atoms with Gasteiger partial charge in [0.05, 0.1) is 17.9 Å². The van der Waals surface area contributed by atoms with Crippen LogP contribution in [0.5, 0.6) is 5.75 Å². The molecule has 0 atom stereocenters. The lowest BCUT2D eigenvalue weighted by Gasteiger charge is -2.12. The molecule has 3 rings (SSSR count). The second kappa shape index (κ2) is 7.62. The molecule has 0 saturated carbocycles. The van der Waals surface area contributed by atoms with Crippen LogP contribution in [0.4, 0.5) is 15.8 Å². The number of hydrogen-bond acceptors (Lipinski definition) is 4. The Hall–Kier alpha value is -2.84. The third-order valence-corrected chi connectivity index (χ3v) is 3.40. The van der Waals surface area contributed by atoms with Gasteiger partial charge in [0.15, 0.2) is 0 Å². The first-order valence-electron chi connectivity index (χ1n) is 7.20. The van der Waals surface area contributed by atoms with E-state index in [1.165, 1.54) is 12.3 Å². The second-order valence-electron chi connectivity index (χ2n) is 4.88. The standard InChI is InChI=1S/C18H14FN3O.ClH/c1-2-23-14-8-6-13(7-9-14)22-17-12(10-20)11-21-18-15(17)4-3-5-16(18)19;/h3-9,11H,2H2,1H3,(H,21,22);1H. The summed E-state index contributed by atoms with van der Waals surface area (Å²) in [6, 6.07) is 14.1. The van der Waals surface area contributed by atoms with Crippen molar-refractivity contribution in [1.82, 2.24) is 4.98 Å². The number of rotatable bonds is 4. The summed E-state index contributed by atoms with van der Waals surface area (Å²) in [5.74, 6) is 0.353. The fourth-order valence-corrected chi connectivity index (χ4v) is 2.35. The van der Waals surface area contributed by atoms with Gasteiger partial charge < -0.3 is 10.1 Å². The molecule has 0 aliphatic carbocycles. The molecule has 0 aliphatic heterocycles. The van der Waals surface area contributed by atoms with Crippen LogP contribution in [-0.2, 0) is 0 Å². The van der Waals surface area contributed by atoms with Gasteiger partial charge in [-0.3, -0.25) is 4.98 Å². The maximum atomic E-state index is 13.9. The first kappa shape index (κ1) is 17.5. The normalized spacial score (nSPS) is 9.88. The number of ether oxygens (including phenoxy) is 1. The fourth-order valence-electron chi connectivity index (χ4n) is 2.35. The number of halogens is 2. The van der Waals surface area contributed by atoms with Gasteiger partial charge in [0, 0.05) is 17.3 Å². The largest absolute Gasteiger partial charge is 0.494 e. The molecule has 122 valence electrons. The zero-order valence-corrected chi connectivity index (χ0v) is 13.7. The molecule has 24 heavy (non-hydrogen) atoms. The summed E-state index contributed by atoms with van der Waals surface area (Å²) < 4.78 is 19.3. The number of hydrogen-bond donors (Lipinski definition) is 1. The minimum Gasteiger partial charge on any atom is -0.494 e. The van der Waals surface area contributed by atoms with Crippen molar-refractivity contribution in [1.29, 1.82) is 5.26 Å². The highest BCUT2D eigenvalue weighted by atomic mass is 35.5. The Labute approximate surface area is 145 Å². The van der Waals surface area contributed by atoms with Gasteiger partial charge in [0.1, 0.15) is 23.2 Å². The van der Waals surface area contributed by atoms with Crippen LogP contribution in [0.3, 0.4) is 0 Å². The van der Waals surface area contributed by atoms with E-state index in [9.17, 15) is 9.65 Å². The molecule has 1 aromatic heterocycles. The summed E-state index contributed by atoms with van der Waals surface area (Å²) >= 11 is 0. The van der Waals surface area contributed by atoms with E-state index in [1.807, 2.05) is 31.2 Å². The molecule has 0 spiro atoms. The third-order valence-electron chi connectivity index (χ3n) is 3.40. The van der Waals surface area contributed by atoms with Gasteiger partial charge in [-0.1, -0.05) is 12.1 Å². The van der Waals surface area contributed by atoms with Crippen molar-refractivity contribution in [2.75, 3.05) is 11.9 Å². The van der Waals surface area contributed by atoms with Crippen LogP contribution < -0.4 is 10.1 Å². The van der Waals surface area contributed by atoms with Crippen LogP contribution in [0.25, 0.3) is 10.9 Å². The van der Waals surface area contributed by atoms with Gasteiger partial charge in [0.25, 0.3) is 0 Å². The van der Waals surface area contributed by atoms with Crippen molar-refractivity contribution in [3.05, 3.63) is 60.0 Å². The molecule has 0 unspecified atom stereocenters. The van der Waals surface area contributed by atoms with Crippen LogP contribution in [0.2, 0.25) is 0 Å². The molecule has 0 fully saturated rings. The summed E-state index contributed by atoms with van der Waals surface area (Å²) in [6.45, 7) is 2.52. The SMILES string of the molecule is CCOc1ccc(Nc2c(C#N)cnc3c(F)cccc23)cc1.Cl. The number of nitrogens with one attached hydrogen (secondary N) is 1. The zero-order chi connectivity index (χ0) is 16.2. The molecule has 0 aliphatic rings. The number of nitriles is 1. The Kier molecular flexibility index (Phi) is 5.56. The van der Waals surface area contributed by atoms with Crippen molar-refractivity contribution >= 4 is 34.7 Å². The van der Waals surface area contributed by atoms with Gasteiger partial charge in [-0.25, -0.2) is 4.39 Å². The monoisotopic (exact) mass is 343 g/mol. The van der Waals surface area contributed by atoms with E-state index in [0.29, 0.717) is 23.2 Å². The van der Waals surface area contributed by atoms with E-state index >= 15 is 0 Å². The van der Waals surface area contributed by atoms with Gasteiger partial charge >= 0.3 is 0 Å². The lowest BCUT2D eigenvalue weighted by molar-refractivity contribution is 0.340. The lowest BCUT2D eigenvalue weighted by Crippen LogP contribution is -1.98. The Morgan fingerprint density at radius 2 is 1.96 bits per heavy atom. The van der Waals surface area contributed by atoms with E-state index < -0.39 is 5.82 Å². The van der Waals surface area contributed by atoms with E-state index in [0.717, 1.165) is 11.4 Å². The number of aromatic nitrogens is 1. The Morgan fingerprint density at radius 3 is 2.62 bits per heavy atom. The summed E-state index contributed by atoms with van der Waals surface area (Å²) in [6.07, 6.45) is 1.38. The molecule has 2 aromatic carbocycles. The predicted molar refractivity (Wildman–Crippen MR) is 94.6 cm³/mol. The number of pyridine rings is 1. The number of fused-ring (bicyclic) bond motifs is 1. The molecule has 0 saturated heterocycles. The molecule has 0 radical (unpaired) electrons. The maximum absolute atomic E-state index is 13.9. The molecular weight excluding hydrogens is 329 g/mol. The first-order valence-corrected chi connectivity index (χ1v) is 7.20. The van der Waals surface area contributed by atoms with Crippen molar-refractivity contribution in [2.45, 2.75) is 6.92 Å². The Bertz CT molecular complexity index is 891. The Morgan fingerprint density at radius 1 is 1.21 bits per heavy atom. The van der Waals surface area contributed by atoms with Crippen molar-refractivity contribution in [2.24, 2.45) is 0 Å². The van der Waals surface area contributed by atoms with Crippen molar-refractivity contribution in [3.8, 4) is 11.8 Å². The second-order valence-corrected chi connectivity index (χ2v) is 4.88. The smallest absolute Gasteiger partial charge is 0.149 e. The van der Waals surface area contributed by atoms with Crippen LogP contribution in [-0.4, -0.2) is 11.6 Å². The lowest BCUT2D eigenvalue weighted by atomic mass is 10.1. The quantitative estimate of drug-likeness (QED) is 0.738. The van der Waals surface area contributed by atoms with Crippen molar-refractivity contribution < 1.29 is 9.13 Å². The summed E-state index contributed by atoms with van der Waals surface area (Å²) in [5, 5.41) is 13.0. The van der Waals surface area contributed by atoms with Crippen LogP contribution >= 0.6 is 12.4 Å². The molecule has 0 amide bonds. The van der Waals surface area contributed by atoms with Crippen LogP contribution in [0.15, 0.2) is 48.7 Å². The molecule has 1 heterocycles. The van der Waals surface area contributed by atoms with Crippen LogP contribution in [0.1, 0.15) is 12.5 Å². The van der Waals surface area contributed by atoms with E-state index in [1.54, 1.807) is 12.1 Å². The minimum atomic E-state index is -0.415. The highest BCUT2D eigenvalue weighted by molar-refractivity contribution is 5.96. The number of benzene rings is 2. The highest BCUT2D eigenvalue weighted by Gasteiger charge is 2.11. The van der Waals surface area contributed by atoms with Gasteiger partial charge in [-0.05, 0) is 37.3 Å². The average molecular weight is 344 g/mol. The highest BCUT2D eigenvalue weighted by Crippen LogP contribution is 2.30. The summed E-state index contributed by atoms with van der Waals surface area (Å²) in [4.78, 5) is 4.03. The number of nitrogens with zero attached hydrogens (tertiary/aromatic N) is 2. The van der Waals surface area contributed by atoms with Gasteiger partial charge in [0.2, 0.25) is 0 Å². The molecule has 4 nitrogen and oxygen atoms in total. The number of para-hydroxylation sites is 1. The zero-order valence-electron chi connectivity index (χ0n) is 12.9. The summed E-state index contributed by atoms with van der Waals surface area (Å²) in [7, 11) is 0. The van der Waals surface area contributed by atoms with E-state index in [4.69, 9.17) is 4.74 Å². The Balaban J connectivity index is 0.00000208. The molecular formula is C18H15ClFN3O. The predicted octanol–water partition coefficient (Wildman–Crippen LogP) is 4.81. The van der Waals surface area contributed by atoms with Gasteiger partial charge in [-0.2, -0.15) is 5.26 Å². The third kappa shape index (κ3) is 3.39. The van der Waals surface area contributed by atoms with Gasteiger partial charge in [-0.15, -0.1) is 12.4 Å². The maximum Gasteiger partial charge on any atom is 0.149 e. The molecule has 1 N–H and O–H groups in total. The van der Waals surface area contributed by atoms with E-state index in [2.05, 4.69) is 16.4 Å².